The van der Waals surface area contributed by atoms with E-state index < -0.39 is 0 Å². The van der Waals surface area contributed by atoms with Gasteiger partial charge in [-0.2, -0.15) is 0 Å². The summed E-state index contributed by atoms with van der Waals surface area (Å²) in [5.74, 6) is 0.876. The van der Waals surface area contributed by atoms with E-state index in [4.69, 9.17) is 16.3 Å². The number of anilines is 1. The Kier molecular flexibility index (Phi) is 4.61. The lowest BCUT2D eigenvalue weighted by atomic mass is 9.76. The molecule has 0 bridgehead atoms. The van der Waals surface area contributed by atoms with E-state index in [-0.39, 0.29) is 11.9 Å². The predicted octanol–water partition coefficient (Wildman–Crippen LogP) is 4.64. The summed E-state index contributed by atoms with van der Waals surface area (Å²) in [5.41, 5.74) is 4.36. The first-order valence-electron chi connectivity index (χ1n) is 9.90. The Balaban J connectivity index is 1.47. The van der Waals surface area contributed by atoms with Crippen molar-refractivity contribution in [3.63, 3.8) is 0 Å². The molecule has 0 saturated carbocycles. The third-order valence-corrected chi connectivity index (χ3v) is 6.39. The second kappa shape index (κ2) is 7.26. The molecule has 1 fully saturated rings. The number of nitrogens with zero attached hydrogens (tertiary/aromatic N) is 1. The number of morpholine rings is 1. The largest absolute Gasteiger partial charge is 0.378 e. The number of allylic oxidation sites excluding steroid dienone is 2. The maximum absolute atomic E-state index is 12.9. The predicted molar refractivity (Wildman–Crippen MR) is 111 cm³/mol. The minimum absolute atomic E-state index is 0.101. The lowest BCUT2D eigenvalue weighted by Crippen LogP contribution is -2.40. The minimum Gasteiger partial charge on any atom is -0.378 e. The molecule has 0 spiro atoms. The molecular weight excluding hydrogens is 372 g/mol. The average molecular weight is 395 g/mol. The maximum atomic E-state index is 12.9. The molecule has 2 aromatic carbocycles. The van der Waals surface area contributed by atoms with E-state index in [9.17, 15) is 4.79 Å². The van der Waals surface area contributed by atoms with Gasteiger partial charge in [0.1, 0.15) is 0 Å². The molecule has 144 valence electrons. The number of benzene rings is 2. The highest BCUT2D eigenvalue weighted by Crippen LogP contribution is 2.50. The molecule has 2 aliphatic heterocycles. The van der Waals surface area contributed by atoms with Crippen LogP contribution in [0, 0.1) is 5.92 Å². The summed E-state index contributed by atoms with van der Waals surface area (Å²) in [6, 6.07) is 14.5. The van der Waals surface area contributed by atoms with E-state index >= 15 is 0 Å². The van der Waals surface area contributed by atoms with E-state index in [2.05, 4.69) is 41.7 Å². The quantitative estimate of drug-likeness (QED) is 0.754. The van der Waals surface area contributed by atoms with Gasteiger partial charge in [0.15, 0.2) is 0 Å². The van der Waals surface area contributed by atoms with Crippen molar-refractivity contribution in [3.8, 4) is 0 Å². The van der Waals surface area contributed by atoms with E-state index in [0.717, 1.165) is 22.7 Å². The van der Waals surface area contributed by atoms with E-state index in [1.165, 1.54) is 11.1 Å². The molecule has 2 aromatic rings. The number of amides is 1. The second-order valence-electron chi connectivity index (χ2n) is 7.73. The first-order chi connectivity index (χ1) is 13.7. The maximum Gasteiger partial charge on any atom is 0.254 e. The van der Waals surface area contributed by atoms with E-state index in [0.29, 0.717) is 38.1 Å². The van der Waals surface area contributed by atoms with Crippen LogP contribution in [0.15, 0.2) is 54.6 Å². The Hall–Kier alpha value is -2.30. The highest BCUT2D eigenvalue weighted by atomic mass is 35.5. The summed E-state index contributed by atoms with van der Waals surface area (Å²) < 4.78 is 5.37. The summed E-state index contributed by atoms with van der Waals surface area (Å²) >= 11 is 6.08. The van der Waals surface area contributed by atoms with E-state index in [1.54, 1.807) is 0 Å². The van der Waals surface area contributed by atoms with Gasteiger partial charge in [-0.15, -0.1) is 0 Å². The van der Waals surface area contributed by atoms with Crippen LogP contribution in [0.1, 0.15) is 39.9 Å². The number of rotatable bonds is 2. The Bertz CT molecular complexity index is 919. The number of carbonyl (C=O) groups excluding carboxylic acids is 1. The number of fused-ring (bicyclic) bond motifs is 3. The summed E-state index contributed by atoms with van der Waals surface area (Å²) in [6.45, 7) is 2.57. The molecule has 1 aliphatic carbocycles. The molecule has 28 heavy (non-hydrogen) atoms. The standard InChI is InChI=1S/C23H23ClN2O2/c24-17-7-4-15(5-8-17)22-19-3-1-2-18(19)20-14-16(6-9-21(20)25-22)23(27)26-10-12-28-13-11-26/h1-2,4-9,14,18-19,22,25H,3,10-13H2/t18-,19+,22-/m1/s1. The highest BCUT2D eigenvalue weighted by Gasteiger charge is 2.38. The number of hydrogen-bond acceptors (Lipinski definition) is 3. The molecule has 0 unspecified atom stereocenters. The van der Waals surface area contributed by atoms with Crippen LogP contribution in [-0.4, -0.2) is 37.1 Å². The summed E-state index contributed by atoms with van der Waals surface area (Å²) in [6.07, 6.45) is 5.60. The number of hydrogen-bond donors (Lipinski definition) is 1. The van der Waals surface area contributed by atoms with Gasteiger partial charge in [-0.25, -0.2) is 0 Å². The van der Waals surface area contributed by atoms with Gasteiger partial charge >= 0.3 is 0 Å². The van der Waals surface area contributed by atoms with Crippen LogP contribution >= 0.6 is 11.6 Å². The van der Waals surface area contributed by atoms with Crippen molar-refractivity contribution in [3.05, 3.63) is 76.3 Å². The number of carbonyl (C=O) groups is 1. The zero-order valence-electron chi connectivity index (χ0n) is 15.6. The van der Waals surface area contributed by atoms with Crippen molar-refractivity contribution >= 4 is 23.2 Å². The van der Waals surface area contributed by atoms with Crippen LogP contribution in [0.4, 0.5) is 5.69 Å². The minimum atomic E-state index is 0.101. The van der Waals surface area contributed by atoms with Gasteiger partial charge in [0, 0.05) is 35.3 Å². The van der Waals surface area contributed by atoms with Gasteiger partial charge in [-0.05, 0) is 53.8 Å². The fourth-order valence-electron chi connectivity index (χ4n) is 4.68. The topological polar surface area (TPSA) is 41.6 Å². The lowest BCUT2D eigenvalue weighted by molar-refractivity contribution is 0.0303. The van der Waals surface area contributed by atoms with Crippen LogP contribution in [0.2, 0.25) is 5.02 Å². The summed E-state index contributed by atoms with van der Waals surface area (Å²) in [5, 5.41) is 4.48. The third-order valence-electron chi connectivity index (χ3n) is 6.14. The lowest BCUT2D eigenvalue weighted by Gasteiger charge is -2.38. The first kappa shape index (κ1) is 17.8. The van der Waals surface area contributed by atoms with E-state index in [1.807, 2.05) is 23.1 Å². The highest BCUT2D eigenvalue weighted by molar-refractivity contribution is 6.30. The third kappa shape index (κ3) is 3.11. The SMILES string of the molecule is O=C(c1ccc2c(c1)[C@@H]1C=CC[C@@H]1[C@@H](c1ccc(Cl)cc1)N2)N1CCOCC1. The normalized spacial score (nSPS) is 25.8. The fraction of sp³-hybridized carbons (Fsp3) is 0.348. The van der Waals surface area contributed by atoms with Crippen molar-refractivity contribution < 1.29 is 9.53 Å². The van der Waals surface area contributed by atoms with Crippen molar-refractivity contribution in [2.24, 2.45) is 5.92 Å². The van der Waals surface area contributed by atoms with Gasteiger partial charge in [0.2, 0.25) is 0 Å². The number of nitrogens with one attached hydrogen (secondary N) is 1. The first-order valence-corrected chi connectivity index (χ1v) is 10.3. The average Bonchev–Trinajstić information content (AvgIpc) is 3.24. The molecule has 4 nitrogen and oxygen atoms in total. The smallest absolute Gasteiger partial charge is 0.254 e. The molecule has 5 rings (SSSR count). The molecule has 3 atom stereocenters. The molecule has 3 aliphatic rings. The molecule has 5 heteroatoms. The van der Waals surface area contributed by atoms with Gasteiger partial charge in [0.05, 0.1) is 19.3 Å². The van der Waals surface area contributed by atoms with Crippen molar-refractivity contribution in [2.75, 3.05) is 31.6 Å². The molecule has 1 amide bonds. The monoisotopic (exact) mass is 394 g/mol. The summed E-state index contributed by atoms with van der Waals surface area (Å²) in [7, 11) is 0. The molecule has 0 aromatic heterocycles. The van der Waals surface area contributed by atoms with Gasteiger partial charge in [-0.1, -0.05) is 35.9 Å². The van der Waals surface area contributed by atoms with Crippen molar-refractivity contribution in [1.29, 1.82) is 0 Å². The van der Waals surface area contributed by atoms with Crippen LogP contribution in [0.5, 0.6) is 0 Å². The van der Waals surface area contributed by atoms with Gasteiger partial charge in [0.25, 0.3) is 5.91 Å². The van der Waals surface area contributed by atoms with Crippen molar-refractivity contribution in [1.82, 2.24) is 4.90 Å². The molecule has 1 saturated heterocycles. The zero-order valence-corrected chi connectivity index (χ0v) is 16.4. The molecule has 2 heterocycles. The van der Waals surface area contributed by atoms with Crippen LogP contribution in [-0.2, 0) is 4.74 Å². The van der Waals surface area contributed by atoms with Crippen LogP contribution < -0.4 is 5.32 Å². The summed E-state index contributed by atoms with van der Waals surface area (Å²) in [4.78, 5) is 14.8. The Morgan fingerprint density at radius 3 is 2.68 bits per heavy atom. The Morgan fingerprint density at radius 2 is 1.89 bits per heavy atom. The van der Waals surface area contributed by atoms with Gasteiger partial charge < -0.3 is 15.0 Å². The molecule has 1 N–H and O–H groups in total. The zero-order chi connectivity index (χ0) is 19.1. The van der Waals surface area contributed by atoms with Gasteiger partial charge in [-0.3, -0.25) is 4.79 Å². The Labute approximate surface area is 170 Å². The molecule has 0 radical (unpaired) electrons. The number of ether oxygens (including phenoxy) is 1. The fourth-order valence-corrected chi connectivity index (χ4v) is 4.80. The van der Waals surface area contributed by atoms with Crippen LogP contribution in [0.3, 0.4) is 0 Å². The molecular formula is C23H23ClN2O2. The van der Waals surface area contributed by atoms with Crippen molar-refractivity contribution in [2.45, 2.75) is 18.4 Å². The second-order valence-corrected chi connectivity index (χ2v) is 8.17. The van der Waals surface area contributed by atoms with Crippen LogP contribution in [0.25, 0.3) is 0 Å². The Morgan fingerprint density at radius 1 is 1.11 bits per heavy atom. The number of halogens is 1.